The van der Waals surface area contributed by atoms with E-state index in [-0.39, 0.29) is 23.5 Å². The van der Waals surface area contributed by atoms with Gasteiger partial charge < -0.3 is 21.5 Å². The first-order chi connectivity index (χ1) is 20.6. The Bertz CT molecular complexity index is 904. The van der Waals surface area contributed by atoms with E-state index in [1.807, 2.05) is 0 Å². The van der Waals surface area contributed by atoms with Crippen molar-refractivity contribution < 1.29 is 9.53 Å². The second-order valence-corrected chi connectivity index (χ2v) is 16.2. The van der Waals surface area contributed by atoms with Gasteiger partial charge in [-0.2, -0.15) is 0 Å². The number of allylic oxidation sites excluding steroid dienone is 1. The maximum Gasteiger partial charge on any atom is 0.323 e. The standard InChI is InChI=1S/C38H69N3O2/c1-27(2)12-10-13-28(3)32-17-18-33-31-16-15-29-26-30(19-21-37(29,4)34(31)20-22-38(32,33)5)43-36(42)35(14-11-24-40)41-25-9-7-6-8-23-39/h15,27-28,30-35,41H,6-14,16-26,39-40H2,1-5H3/t28-,30+,31+,32?,33+,34+,35+,37+,38-/m1/s1. The summed E-state index contributed by atoms with van der Waals surface area (Å²) in [6, 6.07) is -0.241. The number of esters is 1. The summed E-state index contributed by atoms with van der Waals surface area (Å²) in [5.74, 6) is 5.06. The van der Waals surface area contributed by atoms with Gasteiger partial charge in [0.05, 0.1) is 0 Å². The smallest absolute Gasteiger partial charge is 0.323 e. The molecule has 4 aliphatic carbocycles. The molecule has 0 spiro atoms. The highest BCUT2D eigenvalue weighted by molar-refractivity contribution is 5.76. The van der Waals surface area contributed by atoms with E-state index in [2.05, 4.69) is 46.0 Å². The summed E-state index contributed by atoms with van der Waals surface area (Å²) in [6.45, 7) is 14.8. The van der Waals surface area contributed by atoms with E-state index >= 15 is 0 Å². The summed E-state index contributed by atoms with van der Waals surface area (Å²) in [6.07, 6.45) is 22.9. The predicted octanol–water partition coefficient (Wildman–Crippen LogP) is 8.16. The molecule has 5 N–H and O–H groups in total. The SMILES string of the molecule is CC(C)CCC[C@@H](C)C1CC[C@H]2[C@@H]3CC=C4C[C@@H](OC(=O)[C@H](CCCN)NCCCCCCN)CC[C@]4(C)[C@H]3CC[C@]12C. The minimum atomic E-state index is -0.241. The molecule has 0 aromatic heterocycles. The molecule has 3 saturated carbocycles. The number of rotatable bonds is 17. The maximum absolute atomic E-state index is 13.3. The van der Waals surface area contributed by atoms with Crippen LogP contribution in [0.15, 0.2) is 11.6 Å². The Morgan fingerprint density at radius 3 is 2.42 bits per heavy atom. The minimum Gasteiger partial charge on any atom is -0.461 e. The van der Waals surface area contributed by atoms with Crippen molar-refractivity contribution in [3.05, 3.63) is 11.6 Å². The number of carbonyl (C=O) groups is 1. The van der Waals surface area contributed by atoms with Gasteiger partial charge in [-0.3, -0.25) is 4.79 Å². The van der Waals surface area contributed by atoms with Crippen molar-refractivity contribution in [2.75, 3.05) is 19.6 Å². The van der Waals surface area contributed by atoms with Gasteiger partial charge in [-0.05, 0) is 137 Å². The molecule has 3 fully saturated rings. The zero-order chi connectivity index (χ0) is 31.0. The number of hydrogen-bond donors (Lipinski definition) is 3. The first-order valence-electron chi connectivity index (χ1n) is 18.7. The van der Waals surface area contributed by atoms with E-state index in [1.165, 1.54) is 57.8 Å². The van der Waals surface area contributed by atoms with Crippen LogP contribution in [0.25, 0.3) is 0 Å². The number of fused-ring (bicyclic) bond motifs is 5. The van der Waals surface area contributed by atoms with Crippen molar-refractivity contribution in [2.45, 2.75) is 156 Å². The van der Waals surface area contributed by atoms with E-state index < -0.39 is 0 Å². The fraction of sp³-hybridized carbons (Fsp3) is 0.921. The zero-order valence-corrected chi connectivity index (χ0v) is 28.8. The van der Waals surface area contributed by atoms with Gasteiger partial charge in [-0.15, -0.1) is 0 Å². The van der Waals surface area contributed by atoms with Gasteiger partial charge in [0, 0.05) is 6.42 Å². The Labute approximate surface area is 265 Å². The highest BCUT2D eigenvalue weighted by Crippen LogP contribution is 2.67. The van der Waals surface area contributed by atoms with E-state index in [9.17, 15) is 4.79 Å². The number of nitrogens with two attached hydrogens (primary N) is 2. The third-order valence-electron chi connectivity index (χ3n) is 13.0. The zero-order valence-electron chi connectivity index (χ0n) is 28.8. The van der Waals surface area contributed by atoms with Crippen LogP contribution in [0.1, 0.15) is 144 Å². The topological polar surface area (TPSA) is 90.4 Å². The molecule has 0 heterocycles. The normalized spacial score (nSPS) is 35.1. The number of hydrogen-bond acceptors (Lipinski definition) is 5. The van der Waals surface area contributed by atoms with E-state index in [1.54, 1.807) is 5.57 Å². The molecule has 4 aliphatic rings. The van der Waals surface area contributed by atoms with Crippen LogP contribution in [0, 0.1) is 46.3 Å². The van der Waals surface area contributed by atoms with Gasteiger partial charge in [0.2, 0.25) is 0 Å². The van der Waals surface area contributed by atoms with Crippen LogP contribution in [0.3, 0.4) is 0 Å². The van der Waals surface area contributed by atoms with Crippen LogP contribution in [0.2, 0.25) is 0 Å². The molecule has 0 radical (unpaired) electrons. The number of nitrogens with one attached hydrogen (secondary N) is 1. The van der Waals surface area contributed by atoms with Crippen LogP contribution in [-0.2, 0) is 9.53 Å². The van der Waals surface area contributed by atoms with Crippen molar-refractivity contribution in [2.24, 2.45) is 57.8 Å². The van der Waals surface area contributed by atoms with E-state index in [4.69, 9.17) is 16.2 Å². The van der Waals surface area contributed by atoms with Gasteiger partial charge in [0.25, 0.3) is 0 Å². The molecular formula is C38H69N3O2. The van der Waals surface area contributed by atoms with Crippen molar-refractivity contribution in [1.82, 2.24) is 5.32 Å². The van der Waals surface area contributed by atoms with E-state index in [0.29, 0.717) is 12.0 Å². The van der Waals surface area contributed by atoms with Crippen LogP contribution in [-0.4, -0.2) is 37.7 Å². The lowest BCUT2D eigenvalue weighted by atomic mass is 9.47. The van der Waals surface area contributed by atoms with Gasteiger partial charge in [0.1, 0.15) is 12.1 Å². The third kappa shape index (κ3) is 8.28. The van der Waals surface area contributed by atoms with Crippen molar-refractivity contribution >= 4 is 5.97 Å². The van der Waals surface area contributed by atoms with E-state index in [0.717, 1.165) is 100.0 Å². The minimum absolute atomic E-state index is 0.0199. The average molecular weight is 600 g/mol. The lowest BCUT2D eigenvalue weighted by Gasteiger charge is -2.58. The molecule has 0 amide bonds. The number of ether oxygens (including phenoxy) is 1. The molecule has 0 aliphatic heterocycles. The van der Waals surface area contributed by atoms with Crippen molar-refractivity contribution in [3.8, 4) is 0 Å². The molecular weight excluding hydrogens is 530 g/mol. The first kappa shape index (κ1) is 35.0. The lowest BCUT2D eigenvalue weighted by molar-refractivity contribution is -0.154. The van der Waals surface area contributed by atoms with Crippen LogP contribution in [0.4, 0.5) is 0 Å². The molecule has 43 heavy (non-hydrogen) atoms. The van der Waals surface area contributed by atoms with Crippen LogP contribution < -0.4 is 16.8 Å². The second-order valence-electron chi connectivity index (χ2n) is 16.2. The Morgan fingerprint density at radius 2 is 1.67 bits per heavy atom. The highest BCUT2D eigenvalue weighted by atomic mass is 16.5. The predicted molar refractivity (Wildman–Crippen MR) is 181 cm³/mol. The average Bonchev–Trinajstić information content (AvgIpc) is 3.33. The van der Waals surface area contributed by atoms with Gasteiger partial charge in [-0.1, -0.05) is 78.4 Å². The molecule has 5 nitrogen and oxygen atoms in total. The summed E-state index contributed by atoms with van der Waals surface area (Å²) in [5.41, 5.74) is 13.8. The molecule has 9 atom stereocenters. The summed E-state index contributed by atoms with van der Waals surface area (Å²) < 4.78 is 6.25. The van der Waals surface area contributed by atoms with Gasteiger partial charge >= 0.3 is 5.97 Å². The monoisotopic (exact) mass is 600 g/mol. The Morgan fingerprint density at radius 1 is 0.907 bits per heavy atom. The summed E-state index contributed by atoms with van der Waals surface area (Å²) in [5, 5.41) is 3.50. The van der Waals surface area contributed by atoms with Crippen LogP contribution in [0.5, 0.6) is 0 Å². The Balaban J connectivity index is 1.34. The fourth-order valence-electron chi connectivity index (χ4n) is 10.5. The molecule has 5 heteroatoms. The lowest BCUT2D eigenvalue weighted by Crippen LogP contribution is -2.51. The Hall–Kier alpha value is -0.910. The molecule has 1 unspecified atom stereocenters. The second kappa shape index (κ2) is 16.1. The highest BCUT2D eigenvalue weighted by Gasteiger charge is 2.59. The maximum atomic E-state index is 13.3. The summed E-state index contributed by atoms with van der Waals surface area (Å²) >= 11 is 0. The molecule has 4 rings (SSSR count). The quantitative estimate of drug-likeness (QED) is 0.0891. The number of unbranched alkanes of at least 4 members (excludes halogenated alkanes) is 3. The fourth-order valence-corrected chi connectivity index (χ4v) is 10.5. The summed E-state index contributed by atoms with van der Waals surface area (Å²) in [7, 11) is 0. The van der Waals surface area contributed by atoms with Crippen LogP contribution >= 0.6 is 0 Å². The number of carbonyl (C=O) groups excluding carboxylic acids is 1. The summed E-state index contributed by atoms with van der Waals surface area (Å²) in [4.78, 5) is 13.3. The molecule has 0 aromatic rings. The van der Waals surface area contributed by atoms with Crippen molar-refractivity contribution in [3.63, 3.8) is 0 Å². The Kier molecular flexibility index (Phi) is 13.1. The van der Waals surface area contributed by atoms with Gasteiger partial charge in [0.15, 0.2) is 0 Å². The molecule has 0 bridgehead atoms. The largest absolute Gasteiger partial charge is 0.461 e. The molecule has 248 valence electrons. The van der Waals surface area contributed by atoms with Gasteiger partial charge in [-0.25, -0.2) is 0 Å². The third-order valence-corrected chi connectivity index (χ3v) is 13.0. The molecule has 0 saturated heterocycles. The molecule has 0 aromatic carbocycles. The van der Waals surface area contributed by atoms with Crippen molar-refractivity contribution in [1.29, 1.82) is 0 Å². The first-order valence-corrected chi connectivity index (χ1v) is 18.7.